The molecule has 150 valence electrons. The highest BCUT2D eigenvalue weighted by atomic mass is 19.1. The number of para-hydroxylation sites is 1. The highest BCUT2D eigenvalue weighted by molar-refractivity contribution is 5.95. The first-order valence-electron chi connectivity index (χ1n) is 9.01. The molecule has 3 rings (SSSR count). The normalized spacial score (nSPS) is 10.6. The van der Waals surface area contributed by atoms with Gasteiger partial charge in [0.25, 0.3) is 5.91 Å². The molecule has 2 N–H and O–H groups in total. The lowest BCUT2D eigenvalue weighted by atomic mass is 10.2. The molecule has 0 aliphatic rings. The van der Waals surface area contributed by atoms with E-state index in [0.717, 1.165) is 23.5 Å². The van der Waals surface area contributed by atoms with E-state index in [9.17, 15) is 18.4 Å². The van der Waals surface area contributed by atoms with Crippen molar-refractivity contribution in [2.24, 2.45) is 0 Å². The summed E-state index contributed by atoms with van der Waals surface area (Å²) in [5, 5.41) is 9.72. The minimum absolute atomic E-state index is 0.00635. The molecule has 0 spiro atoms. The number of aryl methyl sites for hydroxylation is 1. The molecule has 0 fully saturated rings. The van der Waals surface area contributed by atoms with E-state index in [1.165, 1.54) is 0 Å². The van der Waals surface area contributed by atoms with Crippen LogP contribution >= 0.6 is 0 Å². The number of carbonyl (C=O) groups excluding carboxylic acids is 2. The summed E-state index contributed by atoms with van der Waals surface area (Å²) >= 11 is 0. The molecule has 0 saturated heterocycles. The van der Waals surface area contributed by atoms with Gasteiger partial charge in [0.2, 0.25) is 5.91 Å². The Labute approximate surface area is 166 Å². The molecule has 0 bridgehead atoms. The molecule has 3 aromatic rings. The third kappa shape index (κ3) is 4.66. The van der Waals surface area contributed by atoms with Gasteiger partial charge in [0.05, 0.1) is 28.3 Å². The third-order valence-electron chi connectivity index (χ3n) is 4.37. The standard InChI is InChI=1S/C21H20F2N4O2/c1-13-20(14(2)27(26-13)16-6-4-3-5-7-16)25-19(28)10-11-24-21(29)17-9-8-15(22)12-18(17)23/h3-9,12H,10-11H2,1-2H3,(H,24,29)(H,25,28). The van der Waals surface area contributed by atoms with Gasteiger partial charge in [-0.3, -0.25) is 9.59 Å². The van der Waals surface area contributed by atoms with Gasteiger partial charge < -0.3 is 10.6 Å². The fourth-order valence-corrected chi connectivity index (χ4v) is 2.90. The molecule has 0 unspecified atom stereocenters. The molecule has 0 aliphatic carbocycles. The summed E-state index contributed by atoms with van der Waals surface area (Å²) in [5.41, 5.74) is 2.65. The zero-order valence-electron chi connectivity index (χ0n) is 16.0. The highest BCUT2D eigenvalue weighted by Gasteiger charge is 2.16. The first-order chi connectivity index (χ1) is 13.9. The van der Waals surface area contributed by atoms with Gasteiger partial charge in [-0.05, 0) is 38.1 Å². The van der Waals surface area contributed by atoms with E-state index in [2.05, 4.69) is 15.7 Å². The van der Waals surface area contributed by atoms with E-state index < -0.39 is 17.5 Å². The van der Waals surface area contributed by atoms with Crippen molar-refractivity contribution in [2.75, 3.05) is 11.9 Å². The Morgan fingerprint density at radius 1 is 1.07 bits per heavy atom. The summed E-state index contributed by atoms with van der Waals surface area (Å²) in [6.45, 7) is 3.65. The first-order valence-corrected chi connectivity index (χ1v) is 9.01. The molecule has 0 radical (unpaired) electrons. The Morgan fingerprint density at radius 3 is 2.48 bits per heavy atom. The Morgan fingerprint density at radius 2 is 1.79 bits per heavy atom. The van der Waals surface area contributed by atoms with E-state index in [0.29, 0.717) is 17.4 Å². The van der Waals surface area contributed by atoms with Gasteiger partial charge in [-0.15, -0.1) is 0 Å². The van der Waals surface area contributed by atoms with Gasteiger partial charge in [-0.2, -0.15) is 5.10 Å². The van der Waals surface area contributed by atoms with E-state index in [1.54, 1.807) is 11.6 Å². The first kappa shape index (κ1) is 20.2. The molecule has 1 heterocycles. The fraction of sp³-hybridized carbons (Fsp3) is 0.190. The summed E-state index contributed by atoms with van der Waals surface area (Å²) in [7, 11) is 0. The Bertz CT molecular complexity index is 1050. The smallest absolute Gasteiger partial charge is 0.254 e. The lowest BCUT2D eigenvalue weighted by Crippen LogP contribution is -2.28. The van der Waals surface area contributed by atoms with Gasteiger partial charge in [0.1, 0.15) is 11.6 Å². The molecule has 6 nitrogen and oxygen atoms in total. The minimum atomic E-state index is -0.952. The van der Waals surface area contributed by atoms with Crippen LogP contribution in [0.2, 0.25) is 0 Å². The van der Waals surface area contributed by atoms with E-state index in [-0.39, 0.29) is 24.4 Å². The van der Waals surface area contributed by atoms with Crippen LogP contribution in [0.4, 0.5) is 14.5 Å². The largest absolute Gasteiger partial charge is 0.351 e. The number of anilines is 1. The lowest BCUT2D eigenvalue weighted by Gasteiger charge is -2.08. The zero-order valence-corrected chi connectivity index (χ0v) is 16.0. The number of amides is 2. The number of halogens is 2. The summed E-state index contributed by atoms with van der Waals surface area (Å²) in [5.74, 6) is -2.74. The number of nitrogens with one attached hydrogen (secondary N) is 2. The number of benzene rings is 2. The van der Waals surface area contributed by atoms with E-state index in [1.807, 2.05) is 37.3 Å². The predicted octanol–water partition coefficient (Wildman–Crippen LogP) is 3.53. The van der Waals surface area contributed by atoms with Crippen molar-refractivity contribution in [1.82, 2.24) is 15.1 Å². The van der Waals surface area contributed by atoms with Crippen molar-refractivity contribution >= 4 is 17.5 Å². The number of nitrogens with zero attached hydrogens (tertiary/aromatic N) is 2. The van der Waals surface area contributed by atoms with Crippen LogP contribution in [0.3, 0.4) is 0 Å². The zero-order chi connectivity index (χ0) is 21.0. The SMILES string of the molecule is Cc1nn(-c2ccccc2)c(C)c1NC(=O)CCNC(=O)c1ccc(F)cc1F. The maximum Gasteiger partial charge on any atom is 0.254 e. The second kappa shape index (κ2) is 8.64. The summed E-state index contributed by atoms with van der Waals surface area (Å²) in [4.78, 5) is 24.2. The maximum atomic E-state index is 13.6. The van der Waals surface area contributed by atoms with Crippen LogP contribution in [0.15, 0.2) is 48.5 Å². The van der Waals surface area contributed by atoms with Crippen LogP contribution < -0.4 is 10.6 Å². The molecule has 0 aliphatic heterocycles. The second-order valence-corrected chi connectivity index (χ2v) is 6.47. The van der Waals surface area contributed by atoms with Crippen molar-refractivity contribution < 1.29 is 18.4 Å². The molecular formula is C21H20F2N4O2. The number of carbonyl (C=O) groups is 2. The minimum Gasteiger partial charge on any atom is -0.351 e. The van der Waals surface area contributed by atoms with Crippen LogP contribution in [-0.2, 0) is 4.79 Å². The number of hydrogen-bond acceptors (Lipinski definition) is 3. The molecule has 2 aromatic carbocycles. The van der Waals surface area contributed by atoms with Gasteiger partial charge >= 0.3 is 0 Å². The molecular weight excluding hydrogens is 378 g/mol. The van der Waals surface area contributed by atoms with Crippen LogP contribution in [0.25, 0.3) is 5.69 Å². The highest BCUT2D eigenvalue weighted by Crippen LogP contribution is 2.22. The Balaban J connectivity index is 1.59. The summed E-state index contributed by atoms with van der Waals surface area (Å²) < 4.78 is 28.3. The average Bonchev–Trinajstić information content (AvgIpc) is 2.96. The fourth-order valence-electron chi connectivity index (χ4n) is 2.90. The number of aromatic nitrogens is 2. The van der Waals surface area contributed by atoms with Gasteiger partial charge in [-0.1, -0.05) is 18.2 Å². The molecule has 0 atom stereocenters. The molecule has 1 aromatic heterocycles. The lowest BCUT2D eigenvalue weighted by molar-refractivity contribution is -0.116. The van der Waals surface area contributed by atoms with Crippen molar-refractivity contribution in [3.8, 4) is 5.69 Å². The maximum absolute atomic E-state index is 13.6. The van der Waals surface area contributed by atoms with Crippen molar-refractivity contribution in [1.29, 1.82) is 0 Å². The van der Waals surface area contributed by atoms with Crippen molar-refractivity contribution in [2.45, 2.75) is 20.3 Å². The van der Waals surface area contributed by atoms with Gasteiger partial charge in [-0.25, -0.2) is 13.5 Å². The molecule has 29 heavy (non-hydrogen) atoms. The van der Waals surface area contributed by atoms with Crippen LogP contribution in [0.1, 0.15) is 28.2 Å². The van der Waals surface area contributed by atoms with Crippen LogP contribution in [0.5, 0.6) is 0 Å². The van der Waals surface area contributed by atoms with E-state index in [4.69, 9.17) is 0 Å². The Hall–Kier alpha value is -3.55. The van der Waals surface area contributed by atoms with Crippen molar-refractivity contribution in [3.05, 3.63) is 77.1 Å². The monoisotopic (exact) mass is 398 g/mol. The van der Waals surface area contributed by atoms with Gasteiger partial charge in [0.15, 0.2) is 0 Å². The number of rotatable bonds is 6. The molecule has 2 amide bonds. The summed E-state index contributed by atoms with van der Waals surface area (Å²) in [6.07, 6.45) is -0.00997. The summed E-state index contributed by atoms with van der Waals surface area (Å²) in [6, 6.07) is 12.2. The predicted molar refractivity (Wildman–Crippen MR) is 105 cm³/mol. The molecule has 8 heteroatoms. The van der Waals surface area contributed by atoms with E-state index >= 15 is 0 Å². The topological polar surface area (TPSA) is 76.0 Å². The Kier molecular flexibility index (Phi) is 6.01. The molecule has 0 saturated carbocycles. The van der Waals surface area contributed by atoms with Crippen LogP contribution in [-0.4, -0.2) is 28.1 Å². The quantitative estimate of drug-likeness (QED) is 0.667. The third-order valence-corrected chi connectivity index (χ3v) is 4.37. The van der Waals surface area contributed by atoms with Crippen molar-refractivity contribution in [3.63, 3.8) is 0 Å². The average molecular weight is 398 g/mol. The second-order valence-electron chi connectivity index (χ2n) is 6.47. The number of hydrogen-bond donors (Lipinski definition) is 2. The van der Waals surface area contributed by atoms with Gasteiger partial charge in [0, 0.05) is 19.0 Å². The van der Waals surface area contributed by atoms with Crippen LogP contribution in [0, 0.1) is 25.5 Å².